The van der Waals surface area contributed by atoms with E-state index >= 15 is 0 Å². The Labute approximate surface area is 419 Å². The lowest BCUT2D eigenvalue weighted by Crippen LogP contribution is -2.59. The zero-order valence-corrected chi connectivity index (χ0v) is 42.7. The number of carbonyl (C=O) groups is 3. The Balaban J connectivity index is 0.895. The molecule has 0 bridgehead atoms. The van der Waals surface area contributed by atoms with Crippen molar-refractivity contribution in [2.45, 2.75) is 105 Å². The summed E-state index contributed by atoms with van der Waals surface area (Å²) in [6.07, 6.45) is 0.487. The highest BCUT2D eigenvalue weighted by Crippen LogP contribution is 2.35. The van der Waals surface area contributed by atoms with E-state index in [0.29, 0.717) is 55.2 Å². The number of ether oxygens (including phenoxy) is 1. The molecule has 0 aliphatic carbocycles. The summed E-state index contributed by atoms with van der Waals surface area (Å²) < 4.78 is 34.2. The summed E-state index contributed by atoms with van der Waals surface area (Å²) >= 11 is 1.57. The second kappa shape index (κ2) is 22.6. The number of hydrogen-bond donors (Lipinski definition) is 5. The maximum atomic E-state index is 14.3. The van der Waals surface area contributed by atoms with E-state index in [-0.39, 0.29) is 66.7 Å². The lowest BCUT2D eigenvalue weighted by Gasteiger charge is -2.37. The zero-order valence-electron chi connectivity index (χ0n) is 41.9. The van der Waals surface area contributed by atoms with E-state index in [2.05, 4.69) is 56.6 Å². The number of nitrogens with two attached hydrogens (primary N) is 1. The normalized spacial score (nSPS) is 18.0. The number of rotatable bonds is 17. The van der Waals surface area contributed by atoms with Gasteiger partial charge in [-0.05, 0) is 89.8 Å². The van der Waals surface area contributed by atoms with Crippen molar-refractivity contribution in [3.63, 3.8) is 0 Å². The van der Waals surface area contributed by atoms with Gasteiger partial charge in [-0.3, -0.25) is 19.3 Å². The highest BCUT2D eigenvalue weighted by atomic mass is 32.1. The number of amides is 3. The second-order valence-electron chi connectivity index (χ2n) is 21.0. The molecule has 2 fully saturated rings. The number of carbonyl (C=O) groups excluding carboxylic acids is 3. The maximum Gasteiger partial charge on any atom is 0.267 e. The Morgan fingerprint density at radius 2 is 1.61 bits per heavy atom. The fraction of sp³-hybridized carbons (Fsp3) is 0.472. The number of halogens is 2. The monoisotopic (exact) mass is 995 g/mol. The molecule has 6 N–H and O–H groups in total. The van der Waals surface area contributed by atoms with Gasteiger partial charge in [0.15, 0.2) is 0 Å². The molecule has 5 aromatic rings. The Bertz CT molecular complexity index is 2610. The number of hydrogen-bond acceptors (Lipinski definition) is 13. The fourth-order valence-electron chi connectivity index (χ4n) is 9.11. The Morgan fingerprint density at radius 3 is 2.24 bits per heavy atom. The molecule has 380 valence electrons. The molecule has 2 aromatic carbocycles. The molecular formula is C53H68F2N10O5S. The summed E-state index contributed by atoms with van der Waals surface area (Å²) in [5.41, 5.74) is 12.0. The van der Waals surface area contributed by atoms with Crippen molar-refractivity contribution in [2.24, 2.45) is 16.6 Å². The average molecular weight is 995 g/mol. The van der Waals surface area contributed by atoms with Crippen molar-refractivity contribution < 1.29 is 33.0 Å². The SMILES string of the molecule is Cc1ncsc1-c1ccc([C@H](C)NC(=O)[C@@H]2C[C@@H](O)CN2C(=O)[C@@H](NC(=O)CN2CCN(c3ccc(Nc4cc(-c5ccc(OC[C@@H](N)CC(C)(C)C)c(C(F)F)c5)ccn4)cn3)CC2)C(C)(C)C)cc1. The van der Waals surface area contributed by atoms with Crippen LogP contribution in [0.15, 0.2) is 84.6 Å². The third-order valence-electron chi connectivity index (χ3n) is 12.8. The van der Waals surface area contributed by atoms with Gasteiger partial charge in [0.1, 0.15) is 36.1 Å². The summed E-state index contributed by atoms with van der Waals surface area (Å²) in [7, 11) is 0. The van der Waals surface area contributed by atoms with E-state index in [1.165, 1.54) is 11.0 Å². The van der Waals surface area contributed by atoms with E-state index in [1.807, 2.05) is 81.4 Å². The Hall–Kier alpha value is -6.08. The molecule has 15 nitrogen and oxygen atoms in total. The number of benzene rings is 2. The lowest BCUT2D eigenvalue weighted by molar-refractivity contribution is -0.144. The molecule has 5 atom stereocenters. The van der Waals surface area contributed by atoms with Crippen LogP contribution in [0.4, 0.5) is 26.1 Å². The van der Waals surface area contributed by atoms with Crippen molar-refractivity contribution in [1.82, 2.24) is 35.4 Å². The molecule has 2 saturated heterocycles. The number of nitrogens with one attached hydrogen (secondary N) is 3. The van der Waals surface area contributed by atoms with Crippen LogP contribution in [0.3, 0.4) is 0 Å². The second-order valence-corrected chi connectivity index (χ2v) is 21.8. The van der Waals surface area contributed by atoms with Crippen LogP contribution in [0.25, 0.3) is 21.6 Å². The first kappa shape index (κ1) is 52.7. The van der Waals surface area contributed by atoms with E-state index in [0.717, 1.165) is 27.5 Å². The van der Waals surface area contributed by atoms with Crippen LogP contribution in [0.5, 0.6) is 5.75 Å². The molecule has 18 heteroatoms. The first-order valence-electron chi connectivity index (χ1n) is 24.2. The predicted octanol–water partition coefficient (Wildman–Crippen LogP) is 7.89. The first-order valence-corrected chi connectivity index (χ1v) is 25.1. The van der Waals surface area contributed by atoms with Crippen LogP contribution in [0, 0.1) is 17.8 Å². The molecule has 2 aliphatic heterocycles. The van der Waals surface area contributed by atoms with Crippen LogP contribution < -0.4 is 31.3 Å². The summed E-state index contributed by atoms with van der Waals surface area (Å²) in [6, 6.07) is 17.6. The van der Waals surface area contributed by atoms with Gasteiger partial charge in [-0.25, -0.2) is 23.7 Å². The Morgan fingerprint density at radius 1 is 0.901 bits per heavy atom. The number of thiazole rings is 1. The minimum Gasteiger partial charge on any atom is -0.491 e. The number of β-amino-alcohol motifs (C(OH)–C–C–N with tert-alkyl or cyclic N) is 1. The number of aliphatic hydroxyl groups excluding tert-OH is 1. The van der Waals surface area contributed by atoms with E-state index < -0.39 is 35.9 Å². The highest BCUT2D eigenvalue weighted by molar-refractivity contribution is 7.13. The molecule has 0 saturated carbocycles. The average Bonchev–Trinajstić information content (AvgIpc) is 3.94. The van der Waals surface area contributed by atoms with Gasteiger partial charge in [0.25, 0.3) is 6.43 Å². The van der Waals surface area contributed by atoms with E-state index in [4.69, 9.17) is 10.5 Å². The molecule has 3 amide bonds. The molecule has 0 radical (unpaired) electrons. The van der Waals surface area contributed by atoms with Crippen LogP contribution in [0.2, 0.25) is 0 Å². The van der Waals surface area contributed by atoms with Crippen molar-refractivity contribution >= 4 is 46.4 Å². The van der Waals surface area contributed by atoms with Gasteiger partial charge in [-0.15, -0.1) is 11.3 Å². The van der Waals surface area contributed by atoms with Gasteiger partial charge in [-0.1, -0.05) is 71.9 Å². The topological polar surface area (TPSA) is 191 Å². The number of aromatic nitrogens is 3. The van der Waals surface area contributed by atoms with Crippen LogP contribution in [-0.4, -0.2) is 118 Å². The summed E-state index contributed by atoms with van der Waals surface area (Å²) in [6.45, 7) is 18.3. The van der Waals surface area contributed by atoms with Gasteiger partial charge in [0.2, 0.25) is 17.7 Å². The largest absolute Gasteiger partial charge is 0.491 e. The fourth-order valence-corrected chi connectivity index (χ4v) is 9.92. The molecule has 71 heavy (non-hydrogen) atoms. The Kier molecular flexibility index (Phi) is 16.8. The molecule has 0 spiro atoms. The molecule has 0 unspecified atom stereocenters. The van der Waals surface area contributed by atoms with Gasteiger partial charge >= 0.3 is 0 Å². The highest BCUT2D eigenvalue weighted by Gasteiger charge is 2.45. The minimum atomic E-state index is -2.74. The van der Waals surface area contributed by atoms with Gasteiger partial charge in [-0.2, -0.15) is 0 Å². The maximum absolute atomic E-state index is 14.3. The summed E-state index contributed by atoms with van der Waals surface area (Å²) in [5.74, 6) is 0.308. The number of likely N-dealkylation sites (tertiary alicyclic amines) is 1. The van der Waals surface area contributed by atoms with Crippen LogP contribution >= 0.6 is 11.3 Å². The summed E-state index contributed by atoms with van der Waals surface area (Å²) in [5, 5.41) is 20.0. The number of aryl methyl sites for hydroxylation is 1. The summed E-state index contributed by atoms with van der Waals surface area (Å²) in [4.78, 5) is 61.8. The van der Waals surface area contributed by atoms with Crippen molar-refractivity contribution in [2.75, 3.05) is 56.1 Å². The number of nitrogens with zero attached hydrogens (tertiary/aromatic N) is 6. The van der Waals surface area contributed by atoms with Crippen molar-refractivity contribution in [3.05, 3.63) is 101 Å². The van der Waals surface area contributed by atoms with E-state index in [9.17, 15) is 28.3 Å². The quantitative estimate of drug-likeness (QED) is 0.0607. The van der Waals surface area contributed by atoms with E-state index in [1.54, 1.807) is 48.0 Å². The predicted molar refractivity (Wildman–Crippen MR) is 275 cm³/mol. The molecule has 5 heterocycles. The van der Waals surface area contributed by atoms with Gasteiger partial charge in [0, 0.05) is 51.4 Å². The van der Waals surface area contributed by atoms with Gasteiger partial charge < -0.3 is 41.3 Å². The zero-order chi connectivity index (χ0) is 51.2. The molecular weight excluding hydrogens is 927 g/mol. The number of anilines is 3. The van der Waals surface area contributed by atoms with Crippen LogP contribution in [-0.2, 0) is 14.4 Å². The molecule has 7 rings (SSSR count). The number of aliphatic hydroxyl groups is 1. The first-order chi connectivity index (χ1) is 33.6. The molecule has 3 aromatic heterocycles. The lowest BCUT2D eigenvalue weighted by atomic mass is 9.85. The van der Waals surface area contributed by atoms with Crippen molar-refractivity contribution in [1.29, 1.82) is 0 Å². The molecule has 2 aliphatic rings. The minimum absolute atomic E-state index is 0.0109. The number of alkyl halides is 2. The smallest absolute Gasteiger partial charge is 0.267 e. The third kappa shape index (κ3) is 13.9. The number of piperazine rings is 1. The standard InChI is InChI=1S/C53H68F2N10O5S/c1-32(34-9-11-35(12-10-34)47-33(2)59-31-71-47)60-50(68)42-25-40(66)28-65(42)51(69)48(53(6,7)8)62-46(67)29-63-19-21-64(22-20-63)45-16-14-39(27-58-45)61-44-24-37(17-18-57-44)36-13-15-43(41(23-36)49(54)55)70-30-38(56)26-52(3,4)5/h9-18,23-24,27,31-32,38,40,42,48-49,66H,19-22,25-26,28-30,56H2,1-8H3,(H,57,61)(H,60,68)(H,62,67)/t32-,38-,40+,42-,48+/m0/s1. The third-order valence-corrected chi connectivity index (χ3v) is 13.8. The van der Waals surface area contributed by atoms with Crippen molar-refractivity contribution in [3.8, 4) is 27.3 Å². The number of pyridine rings is 2. The van der Waals surface area contributed by atoms with Crippen LogP contribution in [0.1, 0.15) is 90.6 Å². The van der Waals surface area contributed by atoms with Gasteiger partial charge in [0.05, 0.1) is 52.2 Å².